The molecule has 4 rings (SSSR count). The molecule has 0 bridgehead atoms. The first kappa shape index (κ1) is 28.8. The van der Waals surface area contributed by atoms with Crippen LogP contribution in [0.15, 0.2) is 121 Å². The van der Waals surface area contributed by atoms with Crippen LogP contribution in [0.25, 0.3) is 0 Å². The predicted octanol–water partition coefficient (Wildman–Crippen LogP) is 7.42. The summed E-state index contributed by atoms with van der Waals surface area (Å²) in [5, 5.41) is 5.59. The summed E-state index contributed by atoms with van der Waals surface area (Å²) in [5.74, 6) is 0. The second-order valence-corrected chi connectivity index (χ2v) is 10.9. The van der Waals surface area contributed by atoms with Gasteiger partial charge in [0, 0.05) is 0 Å². The minimum absolute atomic E-state index is 0.569. The molecule has 0 heterocycles. The number of benzene rings is 4. The standard InChI is InChI=1S/2C12H11P.C3H8.2ClH.Ni/c2*1-3-7-11(8-4-1)13-12-9-5-2-6-10-12;1-3-2;;;/h2*1-10,13H;3H2,1-2H3;2*1H;/q;;;;;+2/p-2. The Morgan fingerprint density at radius 1 is 0.469 bits per heavy atom. The van der Waals surface area contributed by atoms with Crippen molar-refractivity contribution in [2.24, 2.45) is 0 Å². The Morgan fingerprint density at radius 3 is 0.781 bits per heavy atom. The van der Waals surface area contributed by atoms with Gasteiger partial charge in [-0.15, -0.1) is 0 Å². The van der Waals surface area contributed by atoms with Gasteiger partial charge in [0.1, 0.15) is 0 Å². The molecule has 0 saturated carbocycles. The van der Waals surface area contributed by atoms with E-state index >= 15 is 0 Å². The van der Waals surface area contributed by atoms with Crippen LogP contribution in [0, 0.1) is 0 Å². The van der Waals surface area contributed by atoms with Crippen molar-refractivity contribution in [2.45, 2.75) is 20.3 Å². The second kappa shape index (κ2) is 20.4. The molecule has 0 aromatic heterocycles. The molecule has 4 aromatic rings. The first-order valence-electron chi connectivity index (χ1n) is 10.3. The minimum atomic E-state index is 0.569. The fraction of sp³-hybridized carbons (Fsp3) is 0.111. The number of hydrogen-bond acceptors (Lipinski definition) is 0. The Hall–Kier alpha value is -1.19. The van der Waals surface area contributed by atoms with E-state index in [-0.39, 0.29) is 0 Å². The molecule has 32 heavy (non-hydrogen) atoms. The van der Waals surface area contributed by atoms with Gasteiger partial charge in [-0.1, -0.05) is 159 Å². The van der Waals surface area contributed by atoms with Crippen molar-refractivity contribution in [1.29, 1.82) is 0 Å². The zero-order valence-electron chi connectivity index (χ0n) is 18.3. The monoisotopic (exact) mass is 544 g/mol. The van der Waals surface area contributed by atoms with Gasteiger partial charge in [0.15, 0.2) is 0 Å². The Morgan fingerprint density at radius 2 is 0.625 bits per heavy atom. The van der Waals surface area contributed by atoms with Crippen LogP contribution in [0.3, 0.4) is 0 Å². The van der Waals surface area contributed by atoms with E-state index in [2.05, 4.69) is 135 Å². The Balaban J connectivity index is 0.000000258. The van der Waals surface area contributed by atoms with Gasteiger partial charge in [-0.2, -0.15) is 0 Å². The maximum absolute atomic E-state index is 4.70. The summed E-state index contributed by atoms with van der Waals surface area (Å²) in [4.78, 5) is 0. The van der Waals surface area contributed by atoms with Crippen LogP contribution in [0.1, 0.15) is 20.3 Å². The van der Waals surface area contributed by atoms with Gasteiger partial charge in [-0.05, 0) is 21.2 Å². The van der Waals surface area contributed by atoms with Gasteiger partial charge in [-0.25, -0.2) is 0 Å². The van der Waals surface area contributed by atoms with E-state index in [1.807, 2.05) is 0 Å². The normalized spacial score (nSPS) is 9.25. The van der Waals surface area contributed by atoms with Gasteiger partial charge in [0.2, 0.25) is 0 Å². The maximum atomic E-state index is 4.70. The summed E-state index contributed by atoms with van der Waals surface area (Å²) in [7, 11) is 11.0. The third-order valence-corrected chi connectivity index (χ3v) is 6.16. The average molecular weight is 546 g/mol. The third-order valence-electron chi connectivity index (χ3n) is 3.67. The summed E-state index contributed by atoms with van der Waals surface area (Å²) in [6.45, 7) is 4.25. The van der Waals surface area contributed by atoms with Crippen LogP contribution in [0.4, 0.5) is 0 Å². The fourth-order valence-corrected chi connectivity index (χ4v) is 4.52. The van der Waals surface area contributed by atoms with E-state index in [0.29, 0.717) is 12.7 Å². The van der Waals surface area contributed by atoms with Gasteiger partial charge < -0.3 is 0 Å². The first-order chi connectivity index (χ1) is 15.7. The number of hydrogen-bond donors (Lipinski definition) is 0. The molecule has 0 spiro atoms. The van der Waals surface area contributed by atoms with Gasteiger partial charge in [-0.3, -0.25) is 0 Å². The van der Waals surface area contributed by atoms with Crippen molar-refractivity contribution in [1.82, 2.24) is 0 Å². The molecule has 0 nitrogen and oxygen atoms in total. The zero-order valence-corrected chi connectivity index (χ0v) is 22.8. The van der Waals surface area contributed by atoms with Gasteiger partial charge >= 0.3 is 33.0 Å². The molecule has 0 aliphatic heterocycles. The summed E-state index contributed by atoms with van der Waals surface area (Å²) < 4.78 is 0. The Bertz CT molecular complexity index is 755. The molecule has 0 N–H and O–H groups in total. The molecule has 172 valence electrons. The van der Waals surface area contributed by atoms with Crippen molar-refractivity contribution in [3.8, 4) is 0 Å². The minimum Gasteiger partial charge on any atom is -0.0622 e. The molecule has 0 saturated heterocycles. The summed E-state index contributed by atoms with van der Waals surface area (Å²) in [6, 6.07) is 42.3. The molecular weight excluding hydrogens is 516 g/mol. The molecule has 5 heteroatoms. The largest absolute Gasteiger partial charge is 0.0622 e. The van der Waals surface area contributed by atoms with Crippen LogP contribution >= 0.6 is 37.5 Å². The van der Waals surface area contributed by atoms with Crippen molar-refractivity contribution >= 4 is 58.8 Å². The van der Waals surface area contributed by atoms with Crippen molar-refractivity contribution < 1.29 is 12.7 Å². The van der Waals surface area contributed by atoms with E-state index in [0.717, 1.165) is 17.2 Å². The zero-order chi connectivity index (χ0) is 23.3. The summed E-state index contributed by atoms with van der Waals surface area (Å²) in [6.07, 6.45) is 1.25. The van der Waals surface area contributed by atoms with Gasteiger partial charge in [0.05, 0.1) is 0 Å². The molecule has 0 amide bonds. The molecule has 0 aliphatic rings. The van der Waals surface area contributed by atoms with Crippen molar-refractivity contribution in [3.63, 3.8) is 0 Å². The molecule has 0 radical (unpaired) electrons. The van der Waals surface area contributed by atoms with Crippen LogP contribution in [-0.2, 0) is 12.7 Å². The van der Waals surface area contributed by atoms with Gasteiger partial charge in [0.25, 0.3) is 0 Å². The quantitative estimate of drug-likeness (QED) is 0.185. The number of halogens is 2. The maximum Gasteiger partial charge on any atom is -0.0226 e. The molecule has 0 unspecified atom stereocenters. The first-order valence-corrected chi connectivity index (χ1v) is 15.0. The SMILES string of the molecule is CCC.[Cl][Ni][Cl].c1ccc(Pc2ccccc2)cc1.c1ccc(Pc2ccccc2)cc1. The predicted molar refractivity (Wildman–Crippen MR) is 149 cm³/mol. The van der Waals surface area contributed by atoms with E-state index in [1.54, 1.807) is 0 Å². The molecular formula is C27H30Cl2NiP2. The molecule has 0 fully saturated rings. The second-order valence-electron chi connectivity index (χ2n) is 6.47. The average Bonchev–Trinajstić information content (AvgIpc) is 2.83. The third kappa shape index (κ3) is 14.8. The molecule has 0 atom stereocenters. The summed E-state index contributed by atoms with van der Waals surface area (Å²) in [5.41, 5.74) is 0. The van der Waals surface area contributed by atoms with E-state index in [1.165, 1.54) is 27.6 Å². The van der Waals surface area contributed by atoms with Crippen LogP contribution in [0.5, 0.6) is 0 Å². The van der Waals surface area contributed by atoms with Crippen LogP contribution < -0.4 is 21.2 Å². The molecule has 4 aromatic carbocycles. The van der Waals surface area contributed by atoms with Crippen LogP contribution in [0.2, 0.25) is 0 Å². The van der Waals surface area contributed by atoms with Crippen molar-refractivity contribution in [3.05, 3.63) is 121 Å². The van der Waals surface area contributed by atoms with E-state index < -0.39 is 0 Å². The number of rotatable bonds is 4. The topological polar surface area (TPSA) is 0 Å². The Labute approximate surface area is 212 Å². The van der Waals surface area contributed by atoms with Crippen molar-refractivity contribution in [2.75, 3.05) is 0 Å². The molecule has 0 aliphatic carbocycles. The van der Waals surface area contributed by atoms with E-state index in [9.17, 15) is 0 Å². The van der Waals surface area contributed by atoms with E-state index in [4.69, 9.17) is 20.4 Å². The summed E-state index contributed by atoms with van der Waals surface area (Å²) >= 11 is 0.569. The van der Waals surface area contributed by atoms with Crippen LogP contribution in [-0.4, -0.2) is 0 Å². The fourth-order valence-electron chi connectivity index (χ4n) is 2.42. The smallest absolute Gasteiger partial charge is 0.0226 e. The Kier molecular flexibility index (Phi) is 18.4.